The average molecular weight is 387 g/mol. The van der Waals surface area contributed by atoms with Crippen LogP contribution < -0.4 is 9.62 Å². The van der Waals surface area contributed by atoms with Gasteiger partial charge in [-0.3, -0.25) is 4.72 Å². The molecule has 0 bridgehead atoms. The molecular formula is C16H16Cl2N2O3S. The van der Waals surface area contributed by atoms with E-state index in [0.717, 1.165) is 5.69 Å². The van der Waals surface area contributed by atoms with Crippen LogP contribution in [0.3, 0.4) is 0 Å². The highest BCUT2D eigenvalue weighted by atomic mass is 35.5. The third-order valence-corrected chi connectivity index (χ3v) is 6.04. The molecule has 0 amide bonds. The van der Waals surface area contributed by atoms with Gasteiger partial charge in [-0.25, -0.2) is 8.42 Å². The van der Waals surface area contributed by atoms with Gasteiger partial charge in [-0.2, -0.15) is 0 Å². The topological polar surface area (TPSA) is 58.6 Å². The standard InChI is InChI=1S/C16H16Cl2N2O3S/c17-12-4-3-7-15(16(12)18)24(21,22)19-13-5-1-2-6-14(13)20-8-10-23-11-9-20/h1-7,19H,8-11H2. The Balaban J connectivity index is 1.94. The summed E-state index contributed by atoms with van der Waals surface area (Å²) in [7, 11) is -3.85. The number of para-hydroxylation sites is 2. The second kappa shape index (κ2) is 7.19. The number of halogens is 2. The molecule has 8 heteroatoms. The summed E-state index contributed by atoms with van der Waals surface area (Å²) < 4.78 is 33.4. The monoisotopic (exact) mass is 386 g/mol. The van der Waals surface area contributed by atoms with Crippen LogP contribution in [0.25, 0.3) is 0 Å². The molecule has 5 nitrogen and oxygen atoms in total. The van der Waals surface area contributed by atoms with E-state index in [1.807, 2.05) is 12.1 Å². The Morgan fingerprint density at radius 3 is 2.46 bits per heavy atom. The van der Waals surface area contributed by atoms with Gasteiger partial charge in [0.05, 0.1) is 34.6 Å². The third-order valence-electron chi connectivity index (χ3n) is 3.71. The predicted octanol–water partition coefficient (Wildman–Crippen LogP) is 3.63. The Morgan fingerprint density at radius 2 is 1.71 bits per heavy atom. The number of nitrogens with zero attached hydrogens (tertiary/aromatic N) is 1. The first-order valence-corrected chi connectivity index (χ1v) is 9.61. The molecule has 24 heavy (non-hydrogen) atoms. The van der Waals surface area contributed by atoms with Gasteiger partial charge in [0, 0.05) is 13.1 Å². The van der Waals surface area contributed by atoms with Crippen molar-refractivity contribution in [2.45, 2.75) is 4.90 Å². The van der Waals surface area contributed by atoms with Gasteiger partial charge in [0.25, 0.3) is 10.0 Å². The van der Waals surface area contributed by atoms with E-state index < -0.39 is 10.0 Å². The van der Waals surface area contributed by atoms with Crippen molar-refractivity contribution >= 4 is 44.6 Å². The number of hydrogen-bond acceptors (Lipinski definition) is 4. The maximum atomic E-state index is 12.7. The molecule has 1 aliphatic rings. The SMILES string of the molecule is O=S(=O)(Nc1ccccc1N1CCOCC1)c1cccc(Cl)c1Cl. The fourth-order valence-corrected chi connectivity index (χ4v) is 4.37. The molecule has 0 atom stereocenters. The summed E-state index contributed by atoms with van der Waals surface area (Å²) >= 11 is 12.0. The molecule has 0 aromatic heterocycles. The van der Waals surface area contributed by atoms with E-state index in [9.17, 15) is 8.42 Å². The van der Waals surface area contributed by atoms with E-state index in [1.54, 1.807) is 24.3 Å². The summed E-state index contributed by atoms with van der Waals surface area (Å²) in [6.45, 7) is 2.63. The lowest BCUT2D eigenvalue weighted by atomic mass is 10.2. The molecule has 2 aromatic carbocycles. The average Bonchev–Trinajstić information content (AvgIpc) is 2.58. The van der Waals surface area contributed by atoms with Crippen LogP contribution in [-0.2, 0) is 14.8 Å². The summed E-state index contributed by atoms with van der Waals surface area (Å²) in [4.78, 5) is 2.04. The van der Waals surface area contributed by atoms with Crippen molar-refractivity contribution in [1.29, 1.82) is 0 Å². The van der Waals surface area contributed by atoms with E-state index in [1.165, 1.54) is 6.07 Å². The van der Waals surface area contributed by atoms with Crippen LogP contribution in [0.1, 0.15) is 0 Å². The first kappa shape index (κ1) is 17.4. The second-order valence-corrected chi connectivity index (χ2v) is 7.71. The Labute approximate surface area is 151 Å². The summed E-state index contributed by atoms with van der Waals surface area (Å²) in [6.07, 6.45) is 0. The van der Waals surface area contributed by atoms with Crippen LogP contribution in [0, 0.1) is 0 Å². The van der Waals surface area contributed by atoms with E-state index >= 15 is 0 Å². The van der Waals surface area contributed by atoms with Crippen molar-refractivity contribution in [3.05, 3.63) is 52.5 Å². The molecule has 1 saturated heterocycles. The molecule has 0 spiro atoms. The molecule has 1 fully saturated rings. The van der Waals surface area contributed by atoms with Gasteiger partial charge in [-0.15, -0.1) is 0 Å². The van der Waals surface area contributed by atoms with E-state index in [2.05, 4.69) is 9.62 Å². The molecular weight excluding hydrogens is 371 g/mol. The fourth-order valence-electron chi connectivity index (χ4n) is 2.53. The number of benzene rings is 2. The molecule has 1 N–H and O–H groups in total. The van der Waals surface area contributed by atoms with Crippen LogP contribution in [0.2, 0.25) is 10.0 Å². The van der Waals surface area contributed by atoms with Crippen molar-refractivity contribution in [2.75, 3.05) is 35.9 Å². The number of ether oxygens (including phenoxy) is 1. The highest BCUT2D eigenvalue weighted by Crippen LogP contribution is 2.33. The van der Waals surface area contributed by atoms with E-state index in [4.69, 9.17) is 27.9 Å². The van der Waals surface area contributed by atoms with Gasteiger partial charge in [0.15, 0.2) is 0 Å². The highest BCUT2D eigenvalue weighted by molar-refractivity contribution is 7.92. The summed E-state index contributed by atoms with van der Waals surface area (Å²) in [5.41, 5.74) is 1.30. The maximum Gasteiger partial charge on any atom is 0.263 e. The smallest absolute Gasteiger partial charge is 0.263 e. The number of morpholine rings is 1. The quantitative estimate of drug-likeness (QED) is 0.871. The zero-order valence-electron chi connectivity index (χ0n) is 12.7. The van der Waals surface area contributed by atoms with Crippen molar-refractivity contribution in [1.82, 2.24) is 0 Å². The van der Waals surface area contributed by atoms with Crippen molar-refractivity contribution in [2.24, 2.45) is 0 Å². The molecule has 0 radical (unpaired) electrons. The van der Waals surface area contributed by atoms with Crippen molar-refractivity contribution in [3.8, 4) is 0 Å². The number of nitrogens with one attached hydrogen (secondary N) is 1. The van der Waals surface area contributed by atoms with Gasteiger partial charge in [0.1, 0.15) is 4.90 Å². The number of anilines is 2. The summed E-state index contributed by atoms with van der Waals surface area (Å²) in [6, 6.07) is 11.8. The first-order chi connectivity index (χ1) is 11.5. The van der Waals surface area contributed by atoms with Gasteiger partial charge in [-0.1, -0.05) is 41.4 Å². The molecule has 1 heterocycles. The lowest BCUT2D eigenvalue weighted by molar-refractivity contribution is 0.123. The van der Waals surface area contributed by atoms with Gasteiger partial charge in [0.2, 0.25) is 0 Å². The lowest BCUT2D eigenvalue weighted by Gasteiger charge is -2.30. The number of sulfonamides is 1. The largest absolute Gasteiger partial charge is 0.378 e. The van der Waals surface area contributed by atoms with Crippen molar-refractivity contribution < 1.29 is 13.2 Å². The van der Waals surface area contributed by atoms with E-state index in [-0.39, 0.29) is 14.9 Å². The molecule has 0 unspecified atom stereocenters. The Bertz CT molecular complexity index is 837. The zero-order valence-corrected chi connectivity index (χ0v) is 15.0. The maximum absolute atomic E-state index is 12.7. The Morgan fingerprint density at radius 1 is 1.00 bits per heavy atom. The van der Waals surface area contributed by atoms with Crippen molar-refractivity contribution in [3.63, 3.8) is 0 Å². The number of hydrogen-bond donors (Lipinski definition) is 1. The van der Waals surface area contributed by atoms with Gasteiger partial charge in [-0.05, 0) is 24.3 Å². The van der Waals surface area contributed by atoms with Crippen LogP contribution in [0.5, 0.6) is 0 Å². The second-order valence-electron chi connectivity index (χ2n) is 5.27. The van der Waals surface area contributed by atoms with Crippen LogP contribution >= 0.6 is 23.2 Å². The first-order valence-electron chi connectivity index (χ1n) is 7.37. The van der Waals surface area contributed by atoms with Crippen LogP contribution in [-0.4, -0.2) is 34.7 Å². The highest BCUT2D eigenvalue weighted by Gasteiger charge is 2.22. The van der Waals surface area contributed by atoms with E-state index in [0.29, 0.717) is 32.0 Å². The van der Waals surface area contributed by atoms with Gasteiger partial charge >= 0.3 is 0 Å². The minimum Gasteiger partial charge on any atom is -0.378 e. The summed E-state index contributed by atoms with van der Waals surface area (Å²) in [5, 5.41) is 0.205. The molecule has 0 aliphatic carbocycles. The predicted molar refractivity (Wildman–Crippen MR) is 96.7 cm³/mol. The fraction of sp³-hybridized carbons (Fsp3) is 0.250. The minimum absolute atomic E-state index is 0.00974. The molecule has 1 aliphatic heterocycles. The normalized spacial score (nSPS) is 15.3. The zero-order chi connectivity index (χ0) is 17.2. The molecule has 3 rings (SSSR count). The number of rotatable bonds is 4. The van der Waals surface area contributed by atoms with Crippen LogP contribution in [0.4, 0.5) is 11.4 Å². The summed E-state index contributed by atoms with van der Waals surface area (Å²) in [5.74, 6) is 0. The van der Waals surface area contributed by atoms with Gasteiger partial charge < -0.3 is 9.64 Å². The Hall–Kier alpha value is -1.47. The lowest BCUT2D eigenvalue weighted by Crippen LogP contribution is -2.36. The Kier molecular flexibility index (Phi) is 5.20. The molecule has 0 saturated carbocycles. The third kappa shape index (κ3) is 3.62. The molecule has 2 aromatic rings. The minimum atomic E-state index is -3.85. The van der Waals surface area contributed by atoms with Crippen LogP contribution in [0.15, 0.2) is 47.4 Å². The molecule has 128 valence electrons.